The summed E-state index contributed by atoms with van der Waals surface area (Å²) in [5.74, 6) is -0.0578. The van der Waals surface area contributed by atoms with Crippen molar-refractivity contribution in [2.75, 3.05) is 11.4 Å². The average molecular weight is 254 g/mol. The number of rotatable bonds is 1. The Morgan fingerprint density at radius 1 is 1.41 bits per heavy atom. The Bertz CT molecular complexity index is 436. The van der Waals surface area contributed by atoms with Crippen LogP contribution in [0.4, 0.5) is 5.69 Å². The fourth-order valence-electron chi connectivity index (χ4n) is 2.30. The van der Waals surface area contributed by atoms with Crippen LogP contribution in [0.1, 0.15) is 24.0 Å². The van der Waals surface area contributed by atoms with Crippen LogP contribution in [0.15, 0.2) is 12.1 Å². The normalized spacial score (nSPS) is 20.8. The highest BCUT2D eigenvalue weighted by Gasteiger charge is 2.27. The van der Waals surface area contributed by atoms with E-state index in [-0.39, 0.29) is 12.3 Å². The number of hydrogen-bond acceptors (Lipinski definition) is 2. The summed E-state index contributed by atoms with van der Waals surface area (Å²) in [6.45, 7) is 4.46. The number of benzene rings is 1. The summed E-state index contributed by atoms with van der Waals surface area (Å²) in [7, 11) is 0. The Morgan fingerprint density at radius 3 is 2.71 bits per heavy atom. The Kier molecular flexibility index (Phi) is 3.40. The Labute approximate surface area is 106 Å². The number of aliphatic hydroxyl groups is 1. The lowest BCUT2D eigenvalue weighted by molar-refractivity contribution is -0.122. The van der Waals surface area contributed by atoms with Crippen LogP contribution in [0.25, 0.3) is 0 Å². The third kappa shape index (κ3) is 2.45. The molecule has 0 radical (unpaired) electrons. The third-order valence-corrected chi connectivity index (χ3v) is 3.35. The molecule has 3 nitrogen and oxygen atoms in total. The molecule has 0 spiro atoms. The van der Waals surface area contributed by atoms with Crippen LogP contribution >= 0.6 is 11.6 Å². The minimum absolute atomic E-state index is 0.0578. The van der Waals surface area contributed by atoms with E-state index in [1.165, 1.54) is 0 Å². The number of piperidine rings is 1. The van der Waals surface area contributed by atoms with Gasteiger partial charge in [-0.05, 0) is 37.5 Å². The standard InChI is InChI=1S/C13H16ClNO2/c1-8-5-9(2)13(11(14)6-8)15-4-3-10(16)7-12(15)17/h5-6,10,16H,3-4,7H2,1-2H3. The first-order valence-corrected chi connectivity index (χ1v) is 6.12. The molecule has 1 aliphatic heterocycles. The van der Waals surface area contributed by atoms with Gasteiger partial charge in [0, 0.05) is 6.54 Å². The number of amides is 1. The molecule has 1 fully saturated rings. The lowest BCUT2D eigenvalue weighted by Crippen LogP contribution is -2.41. The molecule has 1 aromatic carbocycles. The Morgan fingerprint density at radius 2 is 2.12 bits per heavy atom. The van der Waals surface area contributed by atoms with Crippen molar-refractivity contribution in [3.63, 3.8) is 0 Å². The zero-order chi connectivity index (χ0) is 12.6. The van der Waals surface area contributed by atoms with Crippen molar-refractivity contribution in [1.29, 1.82) is 0 Å². The molecule has 0 saturated carbocycles. The highest BCUT2D eigenvalue weighted by molar-refractivity contribution is 6.34. The zero-order valence-corrected chi connectivity index (χ0v) is 10.8. The number of hydrogen-bond donors (Lipinski definition) is 1. The first-order valence-electron chi connectivity index (χ1n) is 5.74. The topological polar surface area (TPSA) is 40.5 Å². The molecule has 1 unspecified atom stereocenters. The van der Waals surface area contributed by atoms with Crippen LogP contribution in [-0.4, -0.2) is 23.7 Å². The van der Waals surface area contributed by atoms with E-state index >= 15 is 0 Å². The summed E-state index contributed by atoms with van der Waals surface area (Å²) in [5.41, 5.74) is 2.87. The van der Waals surface area contributed by atoms with Crippen LogP contribution in [0.2, 0.25) is 5.02 Å². The van der Waals surface area contributed by atoms with Gasteiger partial charge in [-0.25, -0.2) is 0 Å². The molecule has 92 valence electrons. The van der Waals surface area contributed by atoms with Crippen LogP contribution in [0.3, 0.4) is 0 Å². The van der Waals surface area contributed by atoms with E-state index in [2.05, 4.69) is 0 Å². The quantitative estimate of drug-likeness (QED) is 0.835. The molecule has 1 amide bonds. The second-order valence-electron chi connectivity index (χ2n) is 4.60. The van der Waals surface area contributed by atoms with Crippen molar-refractivity contribution in [1.82, 2.24) is 0 Å². The largest absolute Gasteiger partial charge is 0.393 e. The van der Waals surface area contributed by atoms with Gasteiger partial charge in [0.25, 0.3) is 0 Å². The number of halogens is 1. The van der Waals surface area contributed by atoms with Crippen LogP contribution < -0.4 is 4.90 Å². The Balaban J connectivity index is 2.37. The number of carbonyl (C=O) groups excluding carboxylic acids is 1. The summed E-state index contributed by atoms with van der Waals surface area (Å²) in [4.78, 5) is 13.6. The Hall–Kier alpha value is -1.06. The van der Waals surface area contributed by atoms with Gasteiger partial charge >= 0.3 is 0 Å². The van der Waals surface area contributed by atoms with E-state index < -0.39 is 6.10 Å². The van der Waals surface area contributed by atoms with Gasteiger partial charge in [-0.2, -0.15) is 0 Å². The van der Waals surface area contributed by atoms with E-state index in [0.29, 0.717) is 18.0 Å². The molecule has 2 rings (SSSR count). The fourth-order valence-corrected chi connectivity index (χ4v) is 2.73. The molecule has 4 heteroatoms. The van der Waals surface area contributed by atoms with Gasteiger partial charge in [0.1, 0.15) is 0 Å². The van der Waals surface area contributed by atoms with Crippen molar-refractivity contribution in [2.45, 2.75) is 32.8 Å². The predicted octanol–water partition coefficient (Wildman–Crippen LogP) is 2.44. The molecule has 1 atom stereocenters. The smallest absolute Gasteiger partial charge is 0.229 e. The number of anilines is 1. The highest BCUT2D eigenvalue weighted by Crippen LogP contribution is 2.33. The van der Waals surface area contributed by atoms with Gasteiger partial charge in [0.15, 0.2) is 0 Å². The van der Waals surface area contributed by atoms with Gasteiger partial charge in [-0.3, -0.25) is 4.79 Å². The minimum atomic E-state index is -0.511. The van der Waals surface area contributed by atoms with Crippen molar-refractivity contribution in [3.05, 3.63) is 28.3 Å². The second kappa shape index (κ2) is 4.67. The first kappa shape index (κ1) is 12.4. The maximum atomic E-state index is 11.9. The monoisotopic (exact) mass is 253 g/mol. The van der Waals surface area contributed by atoms with Gasteiger partial charge < -0.3 is 10.0 Å². The summed E-state index contributed by atoms with van der Waals surface area (Å²) in [6, 6.07) is 3.88. The summed E-state index contributed by atoms with van der Waals surface area (Å²) in [5, 5.41) is 10.1. The molecular weight excluding hydrogens is 238 g/mol. The molecule has 17 heavy (non-hydrogen) atoms. The summed E-state index contributed by atoms with van der Waals surface area (Å²) in [6.07, 6.45) is 0.280. The average Bonchev–Trinajstić information content (AvgIpc) is 2.19. The number of carbonyl (C=O) groups is 1. The highest BCUT2D eigenvalue weighted by atomic mass is 35.5. The summed E-state index contributed by atoms with van der Waals surface area (Å²) >= 11 is 6.21. The van der Waals surface area contributed by atoms with E-state index in [4.69, 9.17) is 11.6 Å². The van der Waals surface area contributed by atoms with Crippen LogP contribution in [0.5, 0.6) is 0 Å². The first-order chi connectivity index (χ1) is 7.99. The molecular formula is C13H16ClNO2. The van der Waals surface area contributed by atoms with E-state index in [1.807, 2.05) is 26.0 Å². The van der Waals surface area contributed by atoms with E-state index in [0.717, 1.165) is 16.8 Å². The molecule has 1 aromatic rings. The van der Waals surface area contributed by atoms with Gasteiger partial charge in [-0.15, -0.1) is 0 Å². The lowest BCUT2D eigenvalue weighted by atomic mass is 10.0. The maximum absolute atomic E-state index is 11.9. The molecule has 0 aliphatic carbocycles. The van der Waals surface area contributed by atoms with Gasteiger partial charge in [0.05, 0.1) is 23.2 Å². The molecule has 0 bridgehead atoms. The van der Waals surface area contributed by atoms with Crippen molar-refractivity contribution >= 4 is 23.2 Å². The number of aryl methyl sites for hydroxylation is 2. The summed E-state index contributed by atoms with van der Waals surface area (Å²) < 4.78 is 0. The van der Waals surface area contributed by atoms with Crippen LogP contribution in [0, 0.1) is 13.8 Å². The molecule has 1 saturated heterocycles. The molecule has 1 N–H and O–H groups in total. The molecule has 1 heterocycles. The van der Waals surface area contributed by atoms with Crippen molar-refractivity contribution in [3.8, 4) is 0 Å². The minimum Gasteiger partial charge on any atom is -0.393 e. The number of aliphatic hydroxyl groups excluding tert-OH is 1. The predicted molar refractivity (Wildman–Crippen MR) is 68.5 cm³/mol. The second-order valence-corrected chi connectivity index (χ2v) is 5.01. The van der Waals surface area contributed by atoms with Crippen molar-refractivity contribution < 1.29 is 9.90 Å². The van der Waals surface area contributed by atoms with E-state index in [9.17, 15) is 9.90 Å². The third-order valence-electron chi connectivity index (χ3n) is 3.07. The van der Waals surface area contributed by atoms with Gasteiger partial charge in [-0.1, -0.05) is 17.7 Å². The zero-order valence-electron chi connectivity index (χ0n) is 10.0. The SMILES string of the molecule is Cc1cc(C)c(N2CCC(O)CC2=O)c(Cl)c1. The maximum Gasteiger partial charge on any atom is 0.229 e. The number of nitrogens with zero attached hydrogens (tertiary/aromatic N) is 1. The van der Waals surface area contributed by atoms with Crippen LogP contribution in [-0.2, 0) is 4.79 Å². The fraction of sp³-hybridized carbons (Fsp3) is 0.462. The lowest BCUT2D eigenvalue weighted by Gasteiger charge is -2.31. The van der Waals surface area contributed by atoms with Crippen molar-refractivity contribution in [2.24, 2.45) is 0 Å². The van der Waals surface area contributed by atoms with Gasteiger partial charge in [0.2, 0.25) is 5.91 Å². The molecule has 0 aromatic heterocycles. The van der Waals surface area contributed by atoms with E-state index in [1.54, 1.807) is 4.90 Å². The molecule has 1 aliphatic rings.